The quantitative estimate of drug-likeness (QED) is 0.553. The van der Waals surface area contributed by atoms with Crippen molar-refractivity contribution >= 4 is 5.97 Å². The molecule has 0 aliphatic rings. The molecular formula is C17H27NO2. The minimum Gasteiger partial charge on any atom is -0.468 e. The third-order valence-electron chi connectivity index (χ3n) is 3.69. The molecule has 0 aliphatic heterocycles. The van der Waals surface area contributed by atoms with E-state index in [0.29, 0.717) is 6.54 Å². The maximum absolute atomic E-state index is 12.0. The summed E-state index contributed by atoms with van der Waals surface area (Å²) in [7, 11) is 1.46. The molecule has 0 saturated heterocycles. The predicted molar refractivity (Wildman–Crippen MR) is 82.5 cm³/mol. The van der Waals surface area contributed by atoms with E-state index in [9.17, 15) is 4.79 Å². The lowest BCUT2D eigenvalue weighted by Crippen LogP contribution is -2.49. The molecular weight excluding hydrogens is 250 g/mol. The van der Waals surface area contributed by atoms with Gasteiger partial charge in [0.05, 0.1) is 7.11 Å². The minimum atomic E-state index is -0.599. The van der Waals surface area contributed by atoms with Gasteiger partial charge in [0.1, 0.15) is 5.54 Å². The Labute approximate surface area is 122 Å². The summed E-state index contributed by atoms with van der Waals surface area (Å²) < 4.78 is 4.96. The van der Waals surface area contributed by atoms with Crippen LogP contribution >= 0.6 is 0 Å². The minimum absolute atomic E-state index is 0.176. The summed E-state index contributed by atoms with van der Waals surface area (Å²) in [5.41, 5.74) is 0.578. The van der Waals surface area contributed by atoms with Gasteiger partial charge in [-0.15, -0.1) is 0 Å². The number of carbonyl (C=O) groups is 1. The van der Waals surface area contributed by atoms with Crippen molar-refractivity contribution in [3.05, 3.63) is 35.9 Å². The molecule has 0 saturated carbocycles. The highest BCUT2D eigenvalue weighted by Crippen LogP contribution is 2.18. The first-order valence-corrected chi connectivity index (χ1v) is 7.49. The smallest absolute Gasteiger partial charge is 0.325 e. The summed E-state index contributed by atoms with van der Waals surface area (Å²) in [6.45, 7) is 4.81. The van der Waals surface area contributed by atoms with E-state index < -0.39 is 5.54 Å². The maximum atomic E-state index is 12.0. The van der Waals surface area contributed by atoms with Crippen LogP contribution in [-0.2, 0) is 16.1 Å². The first kappa shape index (κ1) is 16.7. The number of unbranched alkanes of at least 4 members (excludes halogenated alkanes) is 3. The zero-order valence-electron chi connectivity index (χ0n) is 12.9. The molecule has 3 nitrogen and oxygen atoms in total. The number of ether oxygens (including phenoxy) is 1. The van der Waals surface area contributed by atoms with E-state index in [4.69, 9.17) is 4.74 Å². The second kappa shape index (κ2) is 8.75. The van der Waals surface area contributed by atoms with Gasteiger partial charge in [0, 0.05) is 6.54 Å². The van der Waals surface area contributed by atoms with Crippen molar-refractivity contribution in [3.63, 3.8) is 0 Å². The van der Waals surface area contributed by atoms with E-state index in [1.54, 1.807) is 0 Å². The van der Waals surface area contributed by atoms with Gasteiger partial charge in [-0.1, -0.05) is 62.9 Å². The summed E-state index contributed by atoms with van der Waals surface area (Å²) in [6.07, 6.45) is 5.44. The number of methoxy groups -OCH3 is 1. The number of esters is 1. The number of hydrogen-bond acceptors (Lipinski definition) is 3. The van der Waals surface area contributed by atoms with Crippen molar-refractivity contribution in [2.45, 2.75) is 58.0 Å². The molecule has 112 valence electrons. The lowest BCUT2D eigenvalue weighted by Gasteiger charge is -2.28. The van der Waals surface area contributed by atoms with E-state index >= 15 is 0 Å². The van der Waals surface area contributed by atoms with Crippen molar-refractivity contribution in [2.24, 2.45) is 0 Å². The van der Waals surface area contributed by atoms with E-state index in [-0.39, 0.29) is 5.97 Å². The molecule has 0 amide bonds. The Hall–Kier alpha value is -1.35. The number of nitrogens with one attached hydrogen (secondary N) is 1. The van der Waals surface area contributed by atoms with Gasteiger partial charge >= 0.3 is 5.97 Å². The van der Waals surface area contributed by atoms with Gasteiger partial charge in [-0.05, 0) is 18.9 Å². The Balaban J connectivity index is 2.56. The first-order valence-electron chi connectivity index (χ1n) is 7.49. The van der Waals surface area contributed by atoms with Crippen molar-refractivity contribution in [1.29, 1.82) is 0 Å². The van der Waals surface area contributed by atoms with Crippen molar-refractivity contribution in [3.8, 4) is 0 Å². The van der Waals surface area contributed by atoms with Crippen LogP contribution in [0, 0.1) is 0 Å². The predicted octanol–water partition coefficient (Wildman–Crippen LogP) is 3.68. The van der Waals surface area contributed by atoms with Gasteiger partial charge in [-0.2, -0.15) is 0 Å². The third kappa shape index (κ3) is 5.33. The first-order chi connectivity index (χ1) is 9.62. The van der Waals surface area contributed by atoms with Crippen LogP contribution in [0.4, 0.5) is 0 Å². The summed E-state index contributed by atoms with van der Waals surface area (Å²) in [5.74, 6) is -0.176. The van der Waals surface area contributed by atoms with E-state index in [2.05, 4.69) is 24.4 Å². The SMILES string of the molecule is CCCCCCC(C)(NCc1ccccc1)C(=O)OC. The molecule has 0 radical (unpaired) electrons. The van der Waals surface area contributed by atoms with Crippen molar-refractivity contribution < 1.29 is 9.53 Å². The van der Waals surface area contributed by atoms with E-state index in [1.165, 1.54) is 25.5 Å². The molecule has 1 rings (SSSR count). The van der Waals surface area contributed by atoms with Crippen molar-refractivity contribution in [1.82, 2.24) is 5.32 Å². The summed E-state index contributed by atoms with van der Waals surface area (Å²) in [4.78, 5) is 12.0. The molecule has 0 heterocycles. The average molecular weight is 277 g/mol. The molecule has 3 heteroatoms. The standard InChI is InChI=1S/C17H27NO2/c1-4-5-6-10-13-17(2,16(19)20-3)18-14-15-11-8-7-9-12-15/h7-9,11-12,18H,4-6,10,13-14H2,1-3H3. The summed E-state index contributed by atoms with van der Waals surface area (Å²) in [5, 5.41) is 3.37. The largest absolute Gasteiger partial charge is 0.468 e. The number of rotatable bonds is 9. The Bertz CT molecular complexity index is 391. The fraction of sp³-hybridized carbons (Fsp3) is 0.588. The Morgan fingerprint density at radius 1 is 1.20 bits per heavy atom. The number of benzene rings is 1. The lowest BCUT2D eigenvalue weighted by molar-refractivity contribution is -0.148. The molecule has 0 fully saturated rings. The molecule has 0 aromatic heterocycles. The molecule has 0 aliphatic carbocycles. The molecule has 1 aromatic carbocycles. The fourth-order valence-corrected chi connectivity index (χ4v) is 2.29. The van der Waals surface area contributed by atoms with Crippen LogP contribution in [0.5, 0.6) is 0 Å². The topological polar surface area (TPSA) is 38.3 Å². The monoisotopic (exact) mass is 277 g/mol. The van der Waals surface area contributed by atoms with Gasteiger partial charge in [0.25, 0.3) is 0 Å². The summed E-state index contributed by atoms with van der Waals surface area (Å²) >= 11 is 0. The number of hydrogen-bond donors (Lipinski definition) is 1. The van der Waals surface area contributed by atoms with Crippen LogP contribution in [0.3, 0.4) is 0 Å². The Morgan fingerprint density at radius 3 is 2.50 bits per heavy atom. The molecule has 1 atom stereocenters. The van der Waals surface area contributed by atoms with Crippen LogP contribution in [0.2, 0.25) is 0 Å². The van der Waals surface area contributed by atoms with Crippen LogP contribution < -0.4 is 5.32 Å². The fourth-order valence-electron chi connectivity index (χ4n) is 2.29. The van der Waals surface area contributed by atoms with Crippen LogP contribution in [0.1, 0.15) is 51.5 Å². The van der Waals surface area contributed by atoms with Gasteiger partial charge in [0.15, 0.2) is 0 Å². The normalized spacial score (nSPS) is 13.8. The maximum Gasteiger partial charge on any atom is 0.325 e. The molecule has 1 N–H and O–H groups in total. The zero-order valence-corrected chi connectivity index (χ0v) is 12.9. The zero-order chi connectivity index (χ0) is 14.8. The van der Waals surface area contributed by atoms with Crippen LogP contribution in [0.15, 0.2) is 30.3 Å². The van der Waals surface area contributed by atoms with Gasteiger partial charge in [0.2, 0.25) is 0 Å². The second-order valence-electron chi connectivity index (χ2n) is 5.47. The molecule has 20 heavy (non-hydrogen) atoms. The molecule has 0 spiro atoms. The molecule has 1 unspecified atom stereocenters. The molecule has 0 bridgehead atoms. The van der Waals surface area contributed by atoms with E-state index in [1.807, 2.05) is 25.1 Å². The second-order valence-corrected chi connectivity index (χ2v) is 5.47. The Morgan fingerprint density at radius 2 is 1.90 bits per heavy atom. The van der Waals surface area contributed by atoms with Gasteiger partial charge < -0.3 is 4.74 Å². The van der Waals surface area contributed by atoms with Crippen LogP contribution in [-0.4, -0.2) is 18.6 Å². The summed E-state index contributed by atoms with van der Waals surface area (Å²) in [6, 6.07) is 10.1. The van der Waals surface area contributed by atoms with Gasteiger partial charge in [-0.3, -0.25) is 10.1 Å². The highest BCUT2D eigenvalue weighted by Gasteiger charge is 2.33. The third-order valence-corrected chi connectivity index (χ3v) is 3.69. The average Bonchev–Trinajstić information content (AvgIpc) is 2.50. The Kier molecular flexibility index (Phi) is 7.31. The van der Waals surface area contributed by atoms with E-state index in [0.717, 1.165) is 19.3 Å². The van der Waals surface area contributed by atoms with Gasteiger partial charge in [-0.25, -0.2) is 0 Å². The molecule has 1 aromatic rings. The van der Waals surface area contributed by atoms with Crippen LogP contribution in [0.25, 0.3) is 0 Å². The number of carbonyl (C=O) groups excluding carboxylic acids is 1. The van der Waals surface area contributed by atoms with Crippen molar-refractivity contribution in [2.75, 3.05) is 7.11 Å². The lowest BCUT2D eigenvalue weighted by atomic mass is 9.93. The highest BCUT2D eigenvalue weighted by atomic mass is 16.5. The highest BCUT2D eigenvalue weighted by molar-refractivity contribution is 5.80.